The number of hydrogen-bond acceptors (Lipinski definition) is 7. The molecule has 0 N–H and O–H groups in total. The Hall–Kier alpha value is -3.94. The molecule has 1 heterocycles. The predicted octanol–water partition coefficient (Wildman–Crippen LogP) is 3.70. The fourth-order valence-electron chi connectivity index (χ4n) is 2.91. The van der Waals surface area contributed by atoms with Crippen molar-refractivity contribution in [3.63, 3.8) is 0 Å². The first kappa shape index (κ1) is 18.4. The highest BCUT2D eigenvalue weighted by Crippen LogP contribution is 2.36. The minimum Gasteiger partial charge on any atom is -0.490 e. The second kappa shape index (κ2) is 7.97. The molecule has 2 aromatic carbocycles. The van der Waals surface area contributed by atoms with E-state index in [1.54, 1.807) is 18.2 Å². The first-order valence-electron chi connectivity index (χ1n) is 8.62. The molecule has 4 rings (SSSR count). The van der Waals surface area contributed by atoms with Crippen LogP contribution < -0.4 is 4.74 Å². The van der Waals surface area contributed by atoms with E-state index in [1.165, 1.54) is 0 Å². The van der Waals surface area contributed by atoms with Gasteiger partial charge in [0.05, 0.1) is 0 Å². The highest BCUT2D eigenvalue weighted by molar-refractivity contribution is 6.32. The lowest BCUT2D eigenvalue weighted by Crippen LogP contribution is -2.09. The Labute approximate surface area is 171 Å². The average Bonchev–Trinajstić information content (AvgIpc) is 3.05. The van der Waals surface area contributed by atoms with E-state index in [-0.39, 0.29) is 18.0 Å². The molecule has 0 saturated heterocycles. The Balaban J connectivity index is 1.61. The average molecular weight is 402 g/mol. The van der Waals surface area contributed by atoms with Gasteiger partial charge in [-0.25, -0.2) is 9.97 Å². The van der Waals surface area contributed by atoms with E-state index in [1.807, 2.05) is 42.5 Å². The van der Waals surface area contributed by atoms with Crippen molar-refractivity contribution in [3.05, 3.63) is 76.2 Å². The number of oxime groups is 1. The monoisotopic (exact) mass is 401 g/mol. The molecule has 29 heavy (non-hydrogen) atoms. The summed E-state index contributed by atoms with van der Waals surface area (Å²) in [5, 5.41) is 23.2. The predicted molar refractivity (Wildman–Crippen MR) is 105 cm³/mol. The molecule has 0 atom stereocenters. The summed E-state index contributed by atoms with van der Waals surface area (Å²) in [6.07, 6.45) is 0. The van der Waals surface area contributed by atoms with Gasteiger partial charge in [0.15, 0.2) is 18.0 Å². The Morgan fingerprint density at radius 1 is 0.897 bits per heavy atom. The Morgan fingerprint density at radius 2 is 1.62 bits per heavy atom. The molecule has 0 fully saturated rings. The zero-order valence-electron chi connectivity index (χ0n) is 15.0. The van der Waals surface area contributed by atoms with Crippen LogP contribution in [0.15, 0.2) is 53.7 Å². The van der Waals surface area contributed by atoms with E-state index >= 15 is 0 Å². The Bertz CT molecular complexity index is 1200. The molecule has 8 heteroatoms. The molecule has 0 radical (unpaired) electrons. The zero-order chi connectivity index (χ0) is 20.2. The maximum atomic E-state index is 9.27. The smallest absolute Gasteiger partial charge is 0.177 e. The fraction of sp³-hybridized carbons (Fsp3) is 0.0952. The maximum Gasteiger partial charge on any atom is 0.177 e. The molecule has 3 aromatic rings. The minimum absolute atomic E-state index is 0.0365. The van der Waals surface area contributed by atoms with Crippen molar-refractivity contribution >= 4 is 17.3 Å². The molecule has 1 aliphatic carbocycles. The number of benzene rings is 2. The largest absolute Gasteiger partial charge is 0.490 e. The van der Waals surface area contributed by atoms with E-state index in [4.69, 9.17) is 21.2 Å². The number of rotatable bonds is 5. The van der Waals surface area contributed by atoms with E-state index in [2.05, 4.69) is 15.1 Å². The van der Waals surface area contributed by atoms with Crippen molar-refractivity contribution in [2.45, 2.75) is 0 Å². The van der Waals surface area contributed by atoms with Crippen molar-refractivity contribution in [1.82, 2.24) is 9.97 Å². The van der Waals surface area contributed by atoms with Gasteiger partial charge in [0.25, 0.3) is 0 Å². The lowest BCUT2D eigenvalue weighted by molar-refractivity contribution is 0.107. The summed E-state index contributed by atoms with van der Waals surface area (Å²) >= 11 is 6.14. The molecule has 0 aliphatic heterocycles. The normalized spacial score (nSPS) is 12.6. The first-order valence-corrected chi connectivity index (χ1v) is 8.99. The van der Waals surface area contributed by atoms with Crippen LogP contribution in [0.5, 0.6) is 5.75 Å². The highest BCUT2D eigenvalue weighted by atomic mass is 35.5. The molecule has 7 nitrogen and oxygen atoms in total. The number of aromatic nitrogens is 2. The summed E-state index contributed by atoms with van der Waals surface area (Å²) in [4.78, 5) is 14.0. The summed E-state index contributed by atoms with van der Waals surface area (Å²) in [7, 11) is 0. The number of halogens is 1. The fourth-order valence-corrected chi connectivity index (χ4v) is 3.08. The van der Waals surface area contributed by atoms with Crippen molar-refractivity contribution in [1.29, 1.82) is 10.5 Å². The van der Waals surface area contributed by atoms with Crippen LogP contribution in [0.4, 0.5) is 0 Å². The van der Waals surface area contributed by atoms with Crippen LogP contribution in [0.25, 0.3) is 11.3 Å². The molecule has 1 aliphatic rings. The number of nitriles is 2. The van der Waals surface area contributed by atoms with Crippen molar-refractivity contribution in [3.8, 4) is 29.1 Å². The van der Waals surface area contributed by atoms with Crippen molar-refractivity contribution in [2.75, 3.05) is 13.2 Å². The number of hydrogen-bond donors (Lipinski definition) is 0. The SMILES string of the molecule is N#Cc1nc2c(nc1C#N)-c1ccc(Cl)cc1/C2=N/OCCOc1ccccc1. The molecule has 0 amide bonds. The second-order valence-electron chi connectivity index (χ2n) is 5.97. The third kappa shape index (κ3) is 3.60. The van der Waals surface area contributed by atoms with Gasteiger partial charge in [0.1, 0.15) is 41.6 Å². The van der Waals surface area contributed by atoms with Gasteiger partial charge in [-0.1, -0.05) is 41.0 Å². The van der Waals surface area contributed by atoms with Gasteiger partial charge < -0.3 is 9.57 Å². The number of para-hydroxylation sites is 1. The van der Waals surface area contributed by atoms with Gasteiger partial charge in [-0.15, -0.1) is 0 Å². The van der Waals surface area contributed by atoms with Gasteiger partial charge in [-0.2, -0.15) is 10.5 Å². The van der Waals surface area contributed by atoms with Gasteiger partial charge in [0.2, 0.25) is 0 Å². The summed E-state index contributed by atoms with van der Waals surface area (Å²) in [6.45, 7) is 0.511. The molecule has 140 valence electrons. The molecular formula is C21H12ClN5O2. The Morgan fingerprint density at radius 3 is 2.34 bits per heavy atom. The molecule has 0 spiro atoms. The molecule has 1 aromatic heterocycles. The van der Waals surface area contributed by atoms with E-state index in [9.17, 15) is 10.5 Å². The van der Waals surface area contributed by atoms with Crippen LogP contribution in [0.1, 0.15) is 22.6 Å². The van der Waals surface area contributed by atoms with Crippen molar-refractivity contribution in [2.24, 2.45) is 5.16 Å². The van der Waals surface area contributed by atoms with Gasteiger partial charge in [0, 0.05) is 16.1 Å². The number of nitrogens with zero attached hydrogens (tertiary/aromatic N) is 5. The van der Waals surface area contributed by atoms with Crippen molar-refractivity contribution < 1.29 is 9.57 Å². The molecule has 0 saturated carbocycles. The third-order valence-corrected chi connectivity index (χ3v) is 4.40. The highest BCUT2D eigenvalue weighted by Gasteiger charge is 2.30. The lowest BCUT2D eigenvalue weighted by atomic mass is 10.1. The van der Waals surface area contributed by atoms with Crippen LogP contribution in [0.3, 0.4) is 0 Å². The first-order chi connectivity index (χ1) is 14.2. The number of fused-ring (bicyclic) bond motifs is 3. The van der Waals surface area contributed by atoms with Crippen LogP contribution >= 0.6 is 11.6 Å². The summed E-state index contributed by atoms with van der Waals surface area (Å²) in [5.41, 5.74) is 2.55. The van der Waals surface area contributed by atoms with Gasteiger partial charge in [-0.05, 0) is 24.3 Å². The molecule has 0 unspecified atom stereocenters. The standard InChI is InChI=1S/C21H12ClN5O2/c22-13-6-7-15-16(10-13)20(21-19(15)25-17(11-23)18(12-24)26-21)27-29-9-8-28-14-4-2-1-3-5-14/h1-7,10H,8-9H2/b27-20-. The van der Waals surface area contributed by atoms with E-state index in [0.29, 0.717) is 34.3 Å². The quantitative estimate of drug-likeness (QED) is 0.373. The summed E-state index contributed by atoms with van der Waals surface area (Å²) < 4.78 is 5.57. The van der Waals surface area contributed by atoms with Crippen LogP contribution in [0, 0.1) is 22.7 Å². The molecule has 0 bridgehead atoms. The molecular weight excluding hydrogens is 390 g/mol. The van der Waals surface area contributed by atoms with Crippen LogP contribution in [0.2, 0.25) is 5.02 Å². The van der Waals surface area contributed by atoms with Gasteiger partial charge >= 0.3 is 0 Å². The maximum absolute atomic E-state index is 9.27. The van der Waals surface area contributed by atoms with Crippen LogP contribution in [-0.2, 0) is 4.84 Å². The topological polar surface area (TPSA) is 104 Å². The third-order valence-electron chi connectivity index (χ3n) is 4.17. The van der Waals surface area contributed by atoms with E-state index in [0.717, 1.165) is 11.3 Å². The summed E-state index contributed by atoms with van der Waals surface area (Å²) in [6, 6.07) is 18.4. The summed E-state index contributed by atoms with van der Waals surface area (Å²) in [5.74, 6) is 0.737. The second-order valence-corrected chi connectivity index (χ2v) is 6.40. The minimum atomic E-state index is -0.0646. The zero-order valence-corrected chi connectivity index (χ0v) is 15.7. The van der Waals surface area contributed by atoms with E-state index < -0.39 is 0 Å². The van der Waals surface area contributed by atoms with Crippen LogP contribution in [-0.4, -0.2) is 28.9 Å². The number of ether oxygens (including phenoxy) is 1. The lowest BCUT2D eigenvalue weighted by Gasteiger charge is -2.06. The Kier molecular flexibility index (Phi) is 5.07. The van der Waals surface area contributed by atoms with Gasteiger partial charge in [-0.3, -0.25) is 0 Å².